The summed E-state index contributed by atoms with van der Waals surface area (Å²) in [5.74, 6) is 0.743. The number of ether oxygens (including phenoxy) is 2. The first kappa shape index (κ1) is 23.6. The van der Waals surface area contributed by atoms with Gasteiger partial charge in [-0.05, 0) is 68.8 Å². The van der Waals surface area contributed by atoms with E-state index in [9.17, 15) is 16.8 Å². The first-order valence-electron chi connectivity index (χ1n) is 10.2. The van der Waals surface area contributed by atoms with Crippen LogP contribution in [0.4, 0.5) is 0 Å². The molecule has 0 aromatic heterocycles. The number of hydrogen-bond acceptors (Lipinski definition) is 7. The van der Waals surface area contributed by atoms with Crippen LogP contribution in [0.15, 0.2) is 53.4 Å². The van der Waals surface area contributed by atoms with E-state index in [1.54, 1.807) is 19.2 Å². The van der Waals surface area contributed by atoms with E-state index in [0.717, 1.165) is 11.3 Å². The minimum Gasteiger partial charge on any atom is -0.497 e. The summed E-state index contributed by atoms with van der Waals surface area (Å²) >= 11 is 0. The summed E-state index contributed by atoms with van der Waals surface area (Å²) in [5, 5.41) is 2.13. The summed E-state index contributed by atoms with van der Waals surface area (Å²) < 4.78 is 61.8. The van der Waals surface area contributed by atoms with E-state index in [4.69, 9.17) is 9.47 Å². The van der Waals surface area contributed by atoms with Crippen molar-refractivity contribution in [1.82, 2.24) is 5.32 Å². The molecule has 2 aromatic rings. The highest BCUT2D eigenvalue weighted by molar-refractivity contribution is 7.96. The second-order valence-electron chi connectivity index (χ2n) is 7.96. The summed E-state index contributed by atoms with van der Waals surface area (Å²) in [6.07, 6.45) is 0.600. The molecule has 0 radical (unpaired) electrons. The van der Waals surface area contributed by atoms with E-state index < -0.39 is 31.0 Å². The van der Waals surface area contributed by atoms with Crippen LogP contribution >= 0.6 is 0 Å². The van der Waals surface area contributed by atoms with Crippen molar-refractivity contribution < 1.29 is 26.3 Å². The Hall–Kier alpha value is -2.10. The first-order valence-corrected chi connectivity index (χ1v) is 13.5. The van der Waals surface area contributed by atoms with Crippen LogP contribution in [0.5, 0.6) is 11.5 Å². The highest BCUT2D eigenvalue weighted by atomic mass is 32.2. The lowest BCUT2D eigenvalue weighted by molar-refractivity contribution is 0.242. The maximum atomic E-state index is 13.2. The van der Waals surface area contributed by atoms with Gasteiger partial charge in [-0.25, -0.2) is 16.8 Å². The largest absolute Gasteiger partial charge is 0.497 e. The average molecular weight is 468 g/mol. The third-order valence-corrected chi connectivity index (χ3v) is 9.34. The normalized spacial score (nSPS) is 20.6. The molecular weight excluding hydrogens is 438 g/mol. The fourth-order valence-corrected chi connectivity index (χ4v) is 8.41. The lowest BCUT2D eigenvalue weighted by atomic mass is 10.1. The summed E-state index contributed by atoms with van der Waals surface area (Å²) in [6, 6.07) is 13.1. The van der Waals surface area contributed by atoms with Gasteiger partial charge in [0.2, 0.25) is 0 Å². The predicted octanol–water partition coefficient (Wildman–Crippen LogP) is 2.25. The quantitative estimate of drug-likeness (QED) is 0.604. The van der Waals surface area contributed by atoms with Gasteiger partial charge in [0.25, 0.3) is 0 Å². The highest BCUT2D eigenvalue weighted by Gasteiger charge is 2.45. The van der Waals surface area contributed by atoms with E-state index in [2.05, 4.69) is 5.32 Å². The smallest absolute Gasteiger partial charge is 0.183 e. The molecule has 0 unspecified atom stereocenters. The molecule has 9 heteroatoms. The van der Waals surface area contributed by atoms with Gasteiger partial charge in [0.15, 0.2) is 19.7 Å². The van der Waals surface area contributed by atoms with Crippen LogP contribution in [0.2, 0.25) is 0 Å². The molecule has 7 nitrogen and oxygen atoms in total. The fourth-order valence-electron chi connectivity index (χ4n) is 3.70. The standard InChI is InChI=1S/C22H29NO6S2/c1-16(2)29-18-7-9-20(10-8-18)31(26,27)22-15-30(24,25)14-21(22)23-12-11-17-5-4-6-19(13-17)28-3/h4-10,13,16,21-23H,11-12,14-15H2,1-3H3/t21-,22-/m0/s1. The molecule has 1 heterocycles. The molecule has 1 saturated heterocycles. The molecule has 0 amide bonds. The van der Waals surface area contributed by atoms with E-state index in [-0.39, 0.29) is 22.5 Å². The van der Waals surface area contributed by atoms with E-state index in [0.29, 0.717) is 18.7 Å². The van der Waals surface area contributed by atoms with Crippen LogP contribution in [0.1, 0.15) is 19.4 Å². The van der Waals surface area contributed by atoms with Gasteiger partial charge in [0.05, 0.1) is 34.9 Å². The molecule has 0 spiro atoms. The Bertz CT molecular complexity index is 1100. The Balaban J connectivity index is 1.72. The van der Waals surface area contributed by atoms with Crippen molar-refractivity contribution in [3.8, 4) is 11.5 Å². The SMILES string of the molecule is COc1cccc(CCN[C@H]2CS(=O)(=O)C[C@@H]2S(=O)(=O)c2ccc(OC(C)C)cc2)c1. The highest BCUT2D eigenvalue weighted by Crippen LogP contribution is 2.27. The molecule has 2 aromatic carbocycles. The Morgan fingerprint density at radius 2 is 1.77 bits per heavy atom. The molecular formula is C22H29NO6S2. The molecule has 0 aliphatic carbocycles. The number of sulfone groups is 2. The third-order valence-electron chi connectivity index (χ3n) is 5.18. The maximum Gasteiger partial charge on any atom is 0.183 e. The van der Waals surface area contributed by atoms with Crippen molar-refractivity contribution in [1.29, 1.82) is 0 Å². The predicted molar refractivity (Wildman–Crippen MR) is 120 cm³/mol. The third kappa shape index (κ3) is 5.99. The second kappa shape index (κ2) is 9.58. The fraction of sp³-hybridized carbons (Fsp3) is 0.455. The molecule has 1 aliphatic rings. The van der Waals surface area contributed by atoms with Gasteiger partial charge >= 0.3 is 0 Å². The topological polar surface area (TPSA) is 98.8 Å². The second-order valence-corrected chi connectivity index (χ2v) is 12.3. The van der Waals surface area contributed by atoms with Crippen LogP contribution in [0.25, 0.3) is 0 Å². The molecule has 1 N–H and O–H groups in total. The minimum atomic E-state index is -3.83. The van der Waals surface area contributed by atoms with Gasteiger partial charge in [0.1, 0.15) is 11.5 Å². The number of rotatable bonds is 9. The van der Waals surface area contributed by atoms with Crippen LogP contribution in [-0.4, -0.2) is 59.4 Å². The van der Waals surface area contributed by atoms with Gasteiger partial charge in [-0.2, -0.15) is 0 Å². The summed E-state index contributed by atoms with van der Waals surface area (Å²) in [6.45, 7) is 4.23. The molecule has 31 heavy (non-hydrogen) atoms. The minimum absolute atomic E-state index is 0.0272. The lowest BCUT2D eigenvalue weighted by Crippen LogP contribution is -2.44. The van der Waals surface area contributed by atoms with E-state index in [1.807, 2.05) is 38.1 Å². The van der Waals surface area contributed by atoms with Gasteiger partial charge in [-0.3, -0.25) is 0 Å². The van der Waals surface area contributed by atoms with Crippen LogP contribution in [0.3, 0.4) is 0 Å². The number of nitrogens with one attached hydrogen (secondary N) is 1. The molecule has 0 bridgehead atoms. The maximum absolute atomic E-state index is 13.2. The number of benzene rings is 2. The van der Waals surface area contributed by atoms with Crippen molar-refractivity contribution in [3.05, 3.63) is 54.1 Å². The van der Waals surface area contributed by atoms with Crippen LogP contribution in [-0.2, 0) is 26.1 Å². The zero-order chi connectivity index (χ0) is 22.6. The Kier molecular flexibility index (Phi) is 7.28. The van der Waals surface area contributed by atoms with Crippen LogP contribution < -0.4 is 14.8 Å². The lowest BCUT2D eigenvalue weighted by Gasteiger charge is -2.20. The number of hydrogen-bond donors (Lipinski definition) is 1. The van der Waals surface area contributed by atoms with Crippen LogP contribution in [0, 0.1) is 0 Å². The average Bonchev–Trinajstić information content (AvgIpc) is 3.03. The number of methoxy groups -OCH3 is 1. The molecule has 2 atom stereocenters. The summed E-state index contributed by atoms with van der Waals surface area (Å²) in [4.78, 5) is 0.102. The van der Waals surface area contributed by atoms with E-state index >= 15 is 0 Å². The molecule has 1 aliphatic heterocycles. The summed E-state index contributed by atoms with van der Waals surface area (Å²) in [7, 11) is -5.68. The zero-order valence-corrected chi connectivity index (χ0v) is 19.6. The van der Waals surface area contributed by atoms with Gasteiger partial charge in [0, 0.05) is 6.04 Å². The van der Waals surface area contributed by atoms with Gasteiger partial charge in [-0.1, -0.05) is 12.1 Å². The first-order chi connectivity index (χ1) is 14.6. The Labute approximate surface area is 184 Å². The van der Waals surface area contributed by atoms with Crippen molar-refractivity contribution in [2.75, 3.05) is 25.2 Å². The van der Waals surface area contributed by atoms with Gasteiger partial charge < -0.3 is 14.8 Å². The molecule has 1 fully saturated rings. The Morgan fingerprint density at radius 3 is 2.42 bits per heavy atom. The van der Waals surface area contributed by atoms with Crippen molar-refractivity contribution >= 4 is 19.7 Å². The van der Waals surface area contributed by atoms with Crippen molar-refractivity contribution in [3.63, 3.8) is 0 Å². The summed E-state index contributed by atoms with van der Waals surface area (Å²) in [5.41, 5.74) is 1.02. The molecule has 170 valence electrons. The van der Waals surface area contributed by atoms with Crippen molar-refractivity contribution in [2.24, 2.45) is 0 Å². The monoisotopic (exact) mass is 467 g/mol. The van der Waals surface area contributed by atoms with Gasteiger partial charge in [-0.15, -0.1) is 0 Å². The van der Waals surface area contributed by atoms with Crippen molar-refractivity contribution in [2.45, 2.75) is 42.6 Å². The van der Waals surface area contributed by atoms with E-state index in [1.165, 1.54) is 12.1 Å². The Morgan fingerprint density at radius 1 is 1.06 bits per heavy atom. The zero-order valence-electron chi connectivity index (χ0n) is 17.9. The molecule has 3 rings (SSSR count). The molecule has 0 saturated carbocycles.